The highest BCUT2D eigenvalue weighted by Crippen LogP contribution is 2.19. The Hall–Kier alpha value is -2.82. The minimum absolute atomic E-state index is 0.0522. The summed E-state index contributed by atoms with van der Waals surface area (Å²) in [4.78, 5) is 23.5. The maximum absolute atomic E-state index is 12.2. The van der Waals surface area contributed by atoms with Gasteiger partial charge in [-0.05, 0) is 50.2 Å². The molecule has 0 aliphatic carbocycles. The third-order valence-electron chi connectivity index (χ3n) is 3.28. The molecule has 0 saturated heterocycles. The van der Waals surface area contributed by atoms with E-state index in [2.05, 4.69) is 5.32 Å². The van der Waals surface area contributed by atoms with Crippen molar-refractivity contribution in [3.8, 4) is 11.5 Å². The number of nitrogens with one attached hydrogen (secondary N) is 1. The number of carbonyl (C=O) groups excluding carboxylic acids is 2. The number of ether oxygens (including phenoxy) is 2. The van der Waals surface area contributed by atoms with Gasteiger partial charge in [-0.3, -0.25) is 9.59 Å². The molecule has 2 aromatic carbocycles. The first kappa shape index (κ1) is 16.5. The van der Waals surface area contributed by atoms with Gasteiger partial charge in [-0.25, -0.2) is 0 Å². The van der Waals surface area contributed by atoms with Crippen LogP contribution in [0.3, 0.4) is 0 Å². The van der Waals surface area contributed by atoms with Crippen LogP contribution < -0.4 is 14.8 Å². The molecule has 5 heteroatoms. The largest absolute Gasteiger partial charge is 0.497 e. The van der Waals surface area contributed by atoms with Gasteiger partial charge in [0.25, 0.3) is 5.91 Å². The molecule has 120 valence electrons. The lowest BCUT2D eigenvalue weighted by Crippen LogP contribution is -2.30. The summed E-state index contributed by atoms with van der Waals surface area (Å²) in [5.41, 5.74) is 1.11. The molecule has 1 atom stereocenters. The number of rotatable bonds is 6. The van der Waals surface area contributed by atoms with Crippen LogP contribution in [0.25, 0.3) is 0 Å². The monoisotopic (exact) mass is 313 g/mol. The summed E-state index contributed by atoms with van der Waals surface area (Å²) in [6.45, 7) is 3.14. The quantitative estimate of drug-likeness (QED) is 0.831. The summed E-state index contributed by atoms with van der Waals surface area (Å²) in [5, 5.41) is 2.74. The van der Waals surface area contributed by atoms with Gasteiger partial charge in [0.2, 0.25) is 0 Å². The Bertz CT molecular complexity index is 694. The van der Waals surface area contributed by atoms with Gasteiger partial charge in [-0.1, -0.05) is 12.1 Å². The highest BCUT2D eigenvalue weighted by atomic mass is 16.5. The fourth-order valence-electron chi connectivity index (χ4n) is 1.97. The molecule has 2 aromatic rings. The first-order valence-corrected chi connectivity index (χ1v) is 7.22. The molecule has 0 bridgehead atoms. The van der Waals surface area contributed by atoms with E-state index in [9.17, 15) is 9.59 Å². The summed E-state index contributed by atoms with van der Waals surface area (Å²) >= 11 is 0. The zero-order valence-corrected chi connectivity index (χ0v) is 13.3. The summed E-state index contributed by atoms with van der Waals surface area (Å²) < 4.78 is 10.7. The normalized spacial score (nSPS) is 11.4. The standard InChI is InChI=1S/C18H19NO4/c1-12(20)14-5-4-6-15(11-14)19-18(21)13(2)23-17-9-7-16(22-3)8-10-17/h4-11,13H,1-3H3,(H,19,21)/t13-/m0/s1. The Morgan fingerprint density at radius 3 is 2.30 bits per heavy atom. The maximum Gasteiger partial charge on any atom is 0.265 e. The predicted octanol–water partition coefficient (Wildman–Crippen LogP) is 3.30. The van der Waals surface area contributed by atoms with Crippen LogP contribution in [0, 0.1) is 0 Å². The van der Waals surface area contributed by atoms with Crippen molar-refractivity contribution in [2.75, 3.05) is 12.4 Å². The van der Waals surface area contributed by atoms with Gasteiger partial charge in [0.05, 0.1) is 7.11 Å². The van der Waals surface area contributed by atoms with Crippen LogP contribution in [-0.2, 0) is 4.79 Å². The third-order valence-corrected chi connectivity index (χ3v) is 3.28. The maximum atomic E-state index is 12.2. The molecule has 0 aliphatic rings. The van der Waals surface area contributed by atoms with Gasteiger partial charge < -0.3 is 14.8 Å². The number of hydrogen-bond donors (Lipinski definition) is 1. The lowest BCUT2D eigenvalue weighted by molar-refractivity contribution is -0.122. The second-order valence-corrected chi connectivity index (χ2v) is 5.06. The number of ketones is 1. The van der Waals surface area contributed by atoms with Crippen molar-refractivity contribution < 1.29 is 19.1 Å². The molecule has 0 aliphatic heterocycles. The fraction of sp³-hybridized carbons (Fsp3) is 0.222. The van der Waals surface area contributed by atoms with Crippen molar-refractivity contribution in [3.05, 3.63) is 54.1 Å². The number of carbonyl (C=O) groups is 2. The van der Waals surface area contributed by atoms with Gasteiger partial charge in [0.15, 0.2) is 11.9 Å². The molecule has 0 unspecified atom stereocenters. The molecule has 0 heterocycles. The lowest BCUT2D eigenvalue weighted by atomic mass is 10.1. The molecule has 0 fully saturated rings. The summed E-state index contributed by atoms with van der Waals surface area (Å²) in [6.07, 6.45) is -0.677. The summed E-state index contributed by atoms with van der Waals surface area (Å²) in [7, 11) is 1.58. The third kappa shape index (κ3) is 4.57. The van der Waals surface area contributed by atoms with Crippen LogP contribution >= 0.6 is 0 Å². The first-order chi connectivity index (χ1) is 11.0. The molecule has 23 heavy (non-hydrogen) atoms. The second kappa shape index (κ2) is 7.45. The van der Waals surface area contributed by atoms with Crippen molar-refractivity contribution in [1.29, 1.82) is 0 Å². The Morgan fingerprint density at radius 1 is 1.04 bits per heavy atom. The van der Waals surface area contributed by atoms with E-state index in [-0.39, 0.29) is 11.7 Å². The van der Waals surface area contributed by atoms with E-state index >= 15 is 0 Å². The van der Waals surface area contributed by atoms with Crippen LogP contribution in [0.15, 0.2) is 48.5 Å². The highest BCUT2D eigenvalue weighted by Gasteiger charge is 2.15. The number of amides is 1. The number of Topliss-reactive ketones (excluding diaryl/α,β-unsaturated/α-hetero) is 1. The van der Waals surface area contributed by atoms with Gasteiger partial charge in [0.1, 0.15) is 11.5 Å². The van der Waals surface area contributed by atoms with Crippen molar-refractivity contribution in [2.24, 2.45) is 0 Å². The number of anilines is 1. The van der Waals surface area contributed by atoms with E-state index in [1.165, 1.54) is 6.92 Å². The predicted molar refractivity (Wildman–Crippen MR) is 88.2 cm³/mol. The molecular formula is C18H19NO4. The van der Waals surface area contributed by atoms with Crippen molar-refractivity contribution >= 4 is 17.4 Å². The van der Waals surface area contributed by atoms with Crippen LogP contribution in [0.4, 0.5) is 5.69 Å². The summed E-state index contributed by atoms with van der Waals surface area (Å²) in [5.74, 6) is 0.951. The zero-order valence-electron chi connectivity index (χ0n) is 13.3. The molecule has 0 saturated carbocycles. The van der Waals surface area contributed by atoms with Crippen molar-refractivity contribution in [2.45, 2.75) is 20.0 Å². The Balaban J connectivity index is 1.99. The average molecular weight is 313 g/mol. The minimum Gasteiger partial charge on any atom is -0.497 e. The summed E-state index contributed by atoms with van der Waals surface area (Å²) in [6, 6.07) is 13.8. The molecule has 5 nitrogen and oxygen atoms in total. The smallest absolute Gasteiger partial charge is 0.265 e. The molecule has 0 radical (unpaired) electrons. The Labute approximate surface area is 135 Å². The minimum atomic E-state index is -0.677. The highest BCUT2D eigenvalue weighted by molar-refractivity contribution is 5.98. The van der Waals surface area contributed by atoms with Crippen LogP contribution in [0.1, 0.15) is 24.2 Å². The van der Waals surface area contributed by atoms with E-state index in [0.29, 0.717) is 17.0 Å². The molecule has 0 spiro atoms. The lowest BCUT2D eigenvalue weighted by Gasteiger charge is -2.15. The van der Waals surface area contributed by atoms with Crippen LogP contribution in [0.5, 0.6) is 11.5 Å². The molecule has 2 rings (SSSR count). The fourth-order valence-corrected chi connectivity index (χ4v) is 1.97. The molecule has 1 N–H and O–H groups in total. The first-order valence-electron chi connectivity index (χ1n) is 7.22. The van der Waals surface area contributed by atoms with Crippen LogP contribution in [0.2, 0.25) is 0 Å². The Kier molecular flexibility index (Phi) is 5.36. The molecule has 0 aromatic heterocycles. The number of methoxy groups -OCH3 is 1. The number of hydrogen-bond acceptors (Lipinski definition) is 4. The van der Waals surface area contributed by atoms with E-state index in [0.717, 1.165) is 5.75 Å². The Morgan fingerprint density at radius 2 is 1.70 bits per heavy atom. The van der Waals surface area contributed by atoms with Crippen molar-refractivity contribution in [1.82, 2.24) is 0 Å². The van der Waals surface area contributed by atoms with Crippen molar-refractivity contribution in [3.63, 3.8) is 0 Å². The van der Waals surface area contributed by atoms with Gasteiger partial charge >= 0.3 is 0 Å². The molecule has 1 amide bonds. The van der Waals surface area contributed by atoms with Gasteiger partial charge in [-0.15, -0.1) is 0 Å². The van der Waals surface area contributed by atoms with Crippen LogP contribution in [-0.4, -0.2) is 24.9 Å². The van der Waals surface area contributed by atoms with Gasteiger partial charge in [-0.2, -0.15) is 0 Å². The van der Waals surface area contributed by atoms with E-state index < -0.39 is 6.10 Å². The van der Waals surface area contributed by atoms with E-state index in [1.807, 2.05) is 0 Å². The molecular weight excluding hydrogens is 294 g/mol. The topological polar surface area (TPSA) is 64.6 Å². The zero-order chi connectivity index (χ0) is 16.8. The second-order valence-electron chi connectivity index (χ2n) is 5.06. The number of benzene rings is 2. The SMILES string of the molecule is COc1ccc(O[C@@H](C)C(=O)Nc2cccc(C(C)=O)c2)cc1. The van der Waals surface area contributed by atoms with E-state index in [1.54, 1.807) is 62.6 Å². The average Bonchev–Trinajstić information content (AvgIpc) is 2.55. The van der Waals surface area contributed by atoms with E-state index in [4.69, 9.17) is 9.47 Å². The van der Waals surface area contributed by atoms with Gasteiger partial charge in [0, 0.05) is 11.3 Å².